The number of hydrogen-bond acceptors (Lipinski definition) is 3. The van der Waals surface area contributed by atoms with E-state index >= 15 is 0 Å². The van der Waals surface area contributed by atoms with E-state index in [1.165, 1.54) is 0 Å². The topological polar surface area (TPSA) is 84.2 Å². The first-order valence-electron chi connectivity index (χ1n) is 8.44. The zero-order valence-corrected chi connectivity index (χ0v) is 15.0. The van der Waals surface area contributed by atoms with Crippen molar-refractivity contribution in [3.63, 3.8) is 0 Å². The number of benzene rings is 2. The number of carboxylic acid groups (broad SMARTS) is 1. The normalized spacial score (nSPS) is 15.9. The van der Waals surface area contributed by atoms with E-state index in [2.05, 4.69) is 10.4 Å². The Morgan fingerprint density at radius 3 is 2.56 bits per heavy atom. The van der Waals surface area contributed by atoms with E-state index in [1.807, 2.05) is 24.3 Å². The number of fused-ring (bicyclic) bond motifs is 1. The van der Waals surface area contributed by atoms with E-state index < -0.39 is 5.97 Å². The van der Waals surface area contributed by atoms with E-state index in [9.17, 15) is 9.59 Å². The van der Waals surface area contributed by atoms with Gasteiger partial charge in [0.25, 0.3) is 0 Å². The Morgan fingerprint density at radius 2 is 1.89 bits per heavy atom. The van der Waals surface area contributed by atoms with Crippen LogP contribution in [0.1, 0.15) is 39.4 Å². The fourth-order valence-corrected chi connectivity index (χ4v) is 3.43. The second-order valence-electron chi connectivity index (χ2n) is 6.46. The van der Waals surface area contributed by atoms with Crippen molar-refractivity contribution in [3.8, 4) is 0 Å². The maximum Gasteiger partial charge on any atom is 0.335 e. The average molecular weight is 382 g/mol. The van der Waals surface area contributed by atoms with Crippen molar-refractivity contribution in [2.75, 3.05) is 5.32 Å². The molecule has 0 radical (unpaired) electrons. The molecule has 0 bridgehead atoms. The largest absolute Gasteiger partial charge is 0.478 e. The maximum absolute atomic E-state index is 12.3. The molecule has 2 aromatic carbocycles. The van der Waals surface area contributed by atoms with Gasteiger partial charge in [0.05, 0.1) is 18.3 Å². The smallest absolute Gasteiger partial charge is 0.335 e. The second kappa shape index (κ2) is 6.89. The average Bonchev–Trinajstić information content (AvgIpc) is 3.05. The number of carboxylic acids is 1. The molecule has 6 nitrogen and oxygen atoms in total. The number of aromatic carboxylic acids is 1. The molecule has 1 aromatic heterocycles. The molecular weight excluding hydrogens is 366 g/mol. The van der Waals surface area contributed by atoms with Crippen LogP contribution in [0.3, 0.4) is 0 Å². The molecule has 0 saturated carbocycles. The number of aromatic nitrogens is 2. The monoisotopic (exact) mass is 381 g/mol. The molecule has 1 amide bonds. The van der Waals surface area contributed by atoms with E-state index in [0.717, 1.165) is 16.7 Å². The second-order valence-corrected chi connectivity index (χ2v) is 6.90. The fraction of sp³-hybridized carbons (Fsp3) is 0.150. The van der Waals surface area contributed by atoms with Crippen molar-refractivity contribution >= 4 is 29.3 Å². The number of amides is 1. The van der Waals surface area contributed by atoms with Crippen LogP contribution in [-0.2, 0) is 11.3 Å². The number of carbonyl (C=O) groups is 2. The van der Waals surface area contributed by atoms with Gasteiger partial charge in [-0.3, -0.25) is 4.79 Å². The Morgan fingerprint density at radius 1 is 1.19 bits per heavy atom. The van der Waals surface area contributed by atoms with Gasteiger partial charge in [0.2, 0.25) is 5.91 Å². The first kappa shape index (κ1) is 17.3. The van der Waals surface area contributed by atoms with Crippen molar-refractivity contribution < 1.29 is 14.7 Å². The molecule has 1 aliphatic heterocycles. The molecule has 0 fully saturated rings. The summed E-state index contributed by atoms with van der Waals surface area (Å²) in [6.07, 6.45) is 2.06. The standard InChI is InChI=1S/C20H16ClN3O3/c21-15-7-1-12(2-8-15)11-24-19-17(10-22-24)16(9-18(25)23-19)13-3-5-14(6-4-13)20(26)27/h1-8,10,16H,9,11H2,(H,23,25)(H,26,27). The van der Waals surface area contributed by atoms with Gasteiger partial charge in [-0.2, -0.15) is 5.10 Å². The maximum atomic E-state index is 12.3. The summed E-state index contributed by atoms with van der Waals surface area (Å²) in [5.41, 5.74) is 3.05. The van der Waals surface area contributed by atoms with Crippen molar-refractivity contribution in [2.24, 2.45) is 0 Å². The summed E-state index contributed by atoms with van der Waals surface area (Å²) in [7, 11) is 0. The van der Waals surface area contributed by atoms with Crippen LogP contribution in [0.15, 0.2) is 54.7 Å². The van der Waals surface area contributed by atoms with Gasteiger partial charge in [0, 0.05) is 22.9 Å². The Kier molecular flexibility index (Phi) is 4.41. The summed E-state index contributed by atoms with van der Waals surface area (Å²) in [5.74, 6) is -0.545. The Balaban J connectivity index is 1.66. The molecule has 0 spiro atoms. The first-order chi connectivity index (χ1) is 13.0. The minimum atomic E-state index is -0.973. The van der Waals surface area contributed by atoms with Crippen LogP contribution in [0.2, 0.25) is 5.02 Å². The molecule has 0 aliphatic carbocycles. The summed E-state index contributed by atoms with van der Waals surface area (Å²) in [6.45, 7) is 0.511. The third-order valence-corrected chi connectivity index (χ3v) is 4.95. The third-order valence-electron chi connectivity index (χ3n) is 4.70. The zero-order chi connectivity index (χ0) is 19.0. The minimum Gasteiger partial charge on any atom is -0.478 e. The lowest BCUT2D eigenvalue weighted by Gasteiger charge is -2.24. The van der Waals surface area contributed by atoms with Crippen LogP contribution in [0.25, 0.3) is 0 Å². The number of hydrogen-bond donors (Lipinski definition) is 2. The van der Waals surface area contributed by atoms with Crippen LogP contribution >= 0.6 is 11.6 Å². The predicted octanol–water partition coefficient (Wildman–Crippen LogP) is 3.76. The van der Waals surface area contributed by atoms with Crippen molar-refractivity contribution in [1.29, 1.82) is 0 Å². The molecule has 27 heavy (non-hydrogen) atoms. The first-order valence-corrected chi connectivity index (χ1v) is 8.82. The Hall–Kier alpha value is -3.12. The quantitative estimate of drug-likeness (QED) is 0.720. The molecule has 7 heteroatoms. The highest BCUT2D eigenvalue weighted by atomic mass is 35.5. The number of nitrogens with zero attached hydrogens (tertiary/aromatic N) is 2. The molecule has 4 rings (SSSR count). The Labute approximate surface area is 160 Å². The van der Waals surface area contributed by atoms with Crippen LogP contribution in [-0.4, -0.2) is 26.8 Å². The van der Waals surface area contributed by atoms with Gasteiger partial charge in [-0.05, 0) is 35.4 Å². The number of anilines is 1. The number of carbonyl (C=O) groups excluding carboxylic acids is 1. The lowest BCUT2D eigenvalue weighted by atomic mass is 9.87. The van der Waals surface area contributed by atoms with E-state index in [0.29, 0.717) is 23.8 Å². The molecule has 1 atom stereocenters. The molecular formula is C20H16ClN3O3. The van der Waals surface area contributed by atoms with Gasteiger partial charge in [-0.1, -0.05) is 35.9 Å². The molecule has 1 unspecified atom stereocenters. The van der Waals surface area contributed by atoms with Gasteiger partial charge < -0.3 is 10.4 Å². The summed E-state index contributed by atoms with van der Waals surface area (Å²) in [4.78, 5) is 23.3. The van der Waals surface area contributed by atoms with E-state index in [1.54, 1.807) is 35.1 Å². The lowest BCUT2D eigenvalue weighted by Crippen LogP contribution is -2.25. The molecule has 2 N–H and O–H groups in total. The molecule has 0 saturated heterocycles. The molecule has 1 aliphatic rings. The third kappa shape index (κ3) is 3.44. The highest BCUT2D eigenvalue weighted by Crippen LogP contribution is 2.37. The van der Waals surface area contributed by atoms with Gasteiger partial charge in [-0.15, -0.1) is 0 Å². The zero-order valence-electron chi connectivity index (χ0n) is 14.2. The Bertz CT molecular complexity index is 1010. The van der Waals surface area contributed by atoms with Gasteiger partial charge >= 0.3 is 5.97 Å². The highest BCUT2D eigenvalue weighted by molar-refractivity contribution is 6.30. The number of nitrogens with one attached hydrogen (secondary N) is 1. The van der Waals surface area contributed by atoms with E-state index in [4.69, 9.17) is 16.7 Å². The van der Waals surface area contributed by atoms with Crippen LogP contribution in [0, 0.1) is 0 Å². The summed E-state index contributed by atoms with van der Waals surface area (Å²) < 4.78 is 1.76. The summed E-state index contributed by atoms with van der Waals surface area (Å²) in [6, 6.07) is 14.1. The molecule has 2 heterocycles. The predicted molar refractivity (Wildman–Crippen MR) is 101 cm³/mol. The lowest BCUT2D eigenvalue weighted by molar-refractivity contribution is -0.116. The van der Waals surface area contributed by atoms with Crippen molar-refractivity contribution in [3.05, 3.63) is 82.0 Å². The van der Waals surface area contributed by atoms with Crippen LogP contribution < -0.4 is 5.32 Å². The van der Waals surface area contributed by atoms with Gasteiger partial charge in [-0.25, -0.2) is 9.48 Å². The fourth-order valence-electron chi connectivity index (χ4n) is 3.31. The minimum absolute atomic E-state index is 0.0901. The SMILES string of the molecule is O=C1CC(c2ccc(C(=O)O)cc2)c2cnn(Cc3ccc(Cl)cc3)c2N1. The molecule has 136 valence electrons. The van der Waals surface area contributed by atoms with E-state index in [-0.39, 0.29) is 17.4 Å². The summed E-state index contributed by atoms with van der Waals surface area (Å²) in [5, 5.41) is 17.1. The molecule has 3 aromatic rings. The van der Waals surface area contributed by atoms with Crippen LogP contribution in [0.5, 0.6) is 0 Å². The number of halogens is 1. The van der Waals surface area contributed by atoms with Crippen molar-refractivity contribution in [1.82, 2.24) is 9.78 Å². The highest BCUT2D eigenvalue weighted by Gasteiger charge is 2.30. The van der Waals surface area contributed by atoms with Gasteiger partial charge in [0.1, 0.15) is 5.82 Å². The number of rotatable bonds is 4. The van der Waals surface area contributed by atoms with Crippen LogP contribution in [0.4, 0.5) is 5.82 Å². The van der Waals surface area contributed by atoms with Gasteiger partial charge in [0.15, 0.2) is 0 Å². The summed E-state index contributed by atoms with van der Waals surface area (Å²) >= 11 is 5.93. The van der Waals surface area contributed by atoms with Crippen molar-refractivity contribution in [2.45, 2.75) is 18.9 Å².